The van der Waals surface area contributed by atoms with Gasteiger partial charge in [-0.25, -0.2) is 4.98 Å². The third kappa shape index (κ3) is 4.41. The molecule has 4 rings (SSSR count). The van der Waals surface area contributed by atoms with Gasteiger partial charge < -0.3 is 23.8 Å². The summed E-state index contributed by atoms with van der Waals surface area (Å²) in [4.78, 5) is 16.9. The first-order valence-corrected chi connectivity index (χ1v) is 10.2. The van der Waals surface area contributed by atoms with E-state index in [1.807, 2.05) is 19.9 Å². The standard InChI is InChI=1S/C25H25NO5.Na/c1-5-17-15(4)24(31-20(17)6-2)19-13-18(25(27)28)22-21(8-7-14(3)23(22)26-19)30-16-9-11-29-12-10-16;/h5-8,13,16H,1-2,9-12H2,3-4H3,(H,27,28);/q;+1/p-1. The summed E-state index contributed by atoms with van der Waals surface area (Å²) in [5, 5.41) is 12.6. The number of rotatable bonds is 6. The molecule has 0 spiro atoms. The molecule has 1 aliphatic rings. The average molecular weight is 441 g/mol. The molecule has 1 saturated heterocycles. The number of pyridine rings is 1. The Hall–Kier alpha value is -2.38. The van der Waals surface area contributed by atoms with Crippen molar-refractivity contribution in [3.63, 3.8) is 0 Å². The number of hydrogen-bond donors (Lipinski definition) is 0. The monoisotopic (exact) mass is 441 g/mol. The first kappa shape index (κ1) is 24.3. The van der Waals surface area contributed by atoms with Crippen LogP contribution in [0.2, 0.25) is 0 Å². The van der Waals surface area contributed by atoms with Gasteiger partial charge in [-0.15, -0.1) is 0 Å². The van der Waals surface area contributed by atoms with E-state index in [1.54, 1.807) is 18.2 Å². The van der Waals surface area contributed by atoms with Gasteiger partial charge in [-0.2, -0.15) is 0 Å². The molecule has 0 amide bonds. The Labute approximate surface area is 209 Å². The molecule has 1 aliphatic heterocycles. The van der Waals surface area contributed by atoms with Crippen molar-refractivity contribution in [1.29, 1.82) is 0 Å². The van der Waals surface area contributed by atoms with Crippen LogP contribution >= 0.6 is 0 Å². The second kappa shape index (κ2) is 10.0. The van der Waals surface area contributed by atoms with Crippen LogP contribution in [-0.4, -0.2) is 30.3 Å². The number of furan rings is 1. The fourth-order valence-electron chi connectivity index (χ4n) is 3.99. The number of aromatic carboxylic acids is 1. The first-order valence-electron chi connectivity index (χ1n) is 10.2. The summed E-state index contributed by atoms with van der Waals surface area (Å²) in [6.07, 6.45) is 4.75. The normalized spacial score (nSPS) is 14.1. The molecule has 0 atom stereocenters. The Balaban J connectivity index is 0.00000289. The van der Waals surface area contributed by atoms with E-state index in [4.69, 9.17) is 18.9 Å². The number of nitrogens with zero attached hydrogens (tertiary/aromatic N) is 1. The molecule has 2 aromatic heterocycles. The van der Waals surface area contributed by atoms with Gasteiger partial charge in [0, 0.05) is 29.5 Å². The number of carbonyl (C=O) groups excluding carboxylic acids is 1. The van der Waals surface area contributed by atoms with Gasteiger partial charge in [0.2, 0.25) is 0 Å². The number of carboxylic acids is 1. The Morgan fingerprint density at radius 3 is 2.53 bits per heavy atom. The predicted molar refractivity (Wildman–Crippen MR) is 118 cm³/mol. The smallest absolute Gasteiger partial charge is 0.545 e. The summed E-state index contributed by atoms with van der Waals surface area (Å²) in [5.74, 6) is 0.228. The van der Waals surface area contributed by atoms with Crippen LogP contribution in [0.25, 0.3) is 34.5 Å². The van der Waals surface area contributed by atoms with Crippen LogP contribution in [0.5, 0.6) is 5.75 Å². The third-order valence-corrected chi connectivity index (χ3v) is 5.65. The molecule has 3 heterocycles. The second-order valence-electron chi connectivity index (χ2n) is 7.62. The largest absolute Gasteiger partial charge is 1.00 e. The number of carbonyl (C=O) groups is 1. The van der Waals surface area contributed by atoms with Crippen molar-refractivity contribution in [3.8, 4) is 17.2 Å². The molecule has 32 heavy (non-hydrogen) atoms. The zero-order valence-electron chi connectivity index (χ0n) is 18.7. The third-order valence-electron chi connectivity index (χ3n) is 5.65. The van der Waals surface area contributed by atoms with Gasteiger partial charge in [0.25, 0.3) is 0 Å². The maximum atomic E-state index is 12.1. The zero-order valence-corrected chi connectivity index (χ0v) is 20.7. The average Bonchev–Trinajstić information content (AvgIpc) is 3.11. The molecule has 160 valence electrons. The van der Waals surface area contributed by atoms with E-state index in [0.29, 0.717) is 47.1 Å². The number of ether oxygens (including phenoxy) is 2. The van der Waals surface area contributed by atoms with Crippen molar-refractivity contribution in [3.05, 3.63) is 59.4 Å². The quantitative estimate of drug-likeness (QED) is 0.537. The minimum atomic E-state index is -1.30. The minimum absolute atomic E-state index is 0. The fourth-order valence-corrected chi connectivity index (χ4v) is 3.99. The van der Waals surface area contributed by atoms with Gasteiger partial charge in [0.1, 0.15) is 23.3 Å². The molecule has 7 heteroatoms. The van der Waals surface area contributed by atoms with E-state index in [-0.39, 0.29) is 41.2 Å². The van der Waals surface area contributed by atoms with E-state index >= 15 is 0 Å². The molecular formula is C25H24NNaO5. The summed E-state index contributed by atoms with van der Waals surface area (Å²) < 4.78 is 17.5. The Morgan fingerprint density at radius 1 is 1.22 bits per heavy atom. The van der Waals surface area contributed by atoms with Gasteiger partial charge in [0.15, 0.2) is 5.76 Å². The predicted octanol–water partition coefficient (Wildman–Crippen LogP) is 1.32. The molecule has 0 N–H and O–H groups in total. The van der Waals surface area contributed by atoms with Crippen LogP contribution in [0.4, 0.5) is 0 Å². The summed E-state index contributed by atoms with van der Waals surface area (Å²) >= 11 is 0. The maximum absolute atomic E-state index is 12.1. The molecular weight excluding hydrogens is 417 g/mol. The van der Waals surface area contributed by atoms with Crippen LogP contribution in [0, 0.1) is 13.8 Å². The number of hydrogen-bond acceptors (Lipinski definition) is 6. The van der Waals surface area contributed by atoms with Crippen LogP contribution in [0.1, 0.15) is 45.7 Å². The molecule has 3 aromatic rings. The number of fused-ring (bicyclic) bond motifs is 1. The number of carboxylic acid groups (broad SMARTS) is 1. The Morgan fingerprint density at radius 2 is 1.94 bits per heavy atom. The van der Waals surface area contributed by atoms with E-state index in [1.165, 1.54) is 6.07 Å². The van der Waals surface area contributed by atoms with Crippen molar-refractivity contribution in [2.75, 3.05) is 13.2 Å². The molecule has 1 aromatic carbocycles. The van der Waals surface area contributed by atoms with E-state index in [0.717, 1.165) is 29.5 Å². The number of aromatic nitrogens is 1. The summed E-state index contributed by atoms with van der Waals surface area (Å²) in [7, 11) is 0. The SMILES string of the molecule is C=Cc1oc(-c2cc(C(=O)[O-])c3c(OC4CCOCC4)ccc(C)c3n2)c(C)c1C=C.[Na+]. The topological polar surface area (TPSA) is 84.6 Å². The molecule has 0 aliphatic carbocycles. The molecule has 0 saturated carbocycles. The second-order valence-corrected chi connectivity index (χ2v) is 7.62. The van der Waals surface area contributed by atoms with Crippen molar-refractivity contribution < 1.29 is 53.3 Å². The van der Waals surface area contributed by atoms with E-state index in [2.05, 4.69) is 13.2 Å². The first-order chi connectivity index (χ1) is 14.9. The van der Waals surface area contributed by atoms with Gasteiger partial charge >= 0.3 is 29.6 Å². The van der Waals surface area contributed by atoms with Gasteiger partial charge in [-0.3, -0.25) is 0 Å². The summed E-state index contributed by atoms with van der Waals surface area (Å²) in [6.45, 7) is 12.6. The van der Waals surface area contributed by atoms with Crippen LogP contribution in [0.3, 0.4) is 0 Å². The van der Waals surface area contributed by atoms with Gasteiger partial charge in [-0.05, 0) is 37.6 Å². The summed E-state index contributed by atoms with van der Waals surface area (Å²) in [5.41, 5.74) is 3.41. The molecule has 0 unspecified atom stereocenters. The van der Waals surface area contributed by atoms with Crippen LogP contribution < -0.4 is 39.4 Å². The Bertz CT molecular complexity index is 1190. The van der Waals surface area contributed by atoms with Crippen molar-refractivity contribution >= 4 is 29.0 Å². The molecule has 0 bridgehead atoms. The molecule has 0 radical (unpaired) electrons. The zero-order chi connectivity index (χ0) is 22.1. The minimum Gasteiger partial charge on any atom is -0.545 e. The van der Waals surface area contributed by atoms with E-state index < -0.39 is 5.97 Å². The molecule has 1 fully saturated rings. The van der Waals surface area contributed by atoms with Crippen molar-refractivity contribution in [1.82, 2.24) is 4.98 Å². The van der Waals surface area contributed by atoms with Gasteiger partial charge in [-0.1, -0.05) is 25.3 Å². The maximum Gasteiger partial charge on any atom is 1.00 e. The van der Waals surface area contributed by atoms with Crippen molar-refractivity contribution in [2.45, 2.75) is 32.8 Å². The van der Waals surface area contributed by atoms with Crippen LogP contribution in [-0.2, 0) is 4.74 Å². The Kier molecular flexibility index (Phi) is 7.62. The van der Waals surface area contributed by atoms with Crippen molar-refractivity contribution in [2.24, 2.45) is 0 Å². The van der Waals surface area contributed by atoms with Gasteiger partial charge in [0.05, 0.1) is 30.1 Å². The van der Waals surface area contributed by atoms with E-state index in [9.17, 15) is 9.90 Å². The summed E-state index contributed by atoms with van der Waals surface area (Å²) in [6, 6.07) is 5.16. The fraction of sp³-hybridized carbons (Fsp3) is 0.280. The number of aryl methyl sites for hydroxylation is 1. The molecule has 6 nitrogen and oxygen atoms in total. The number of benzene rings is 1. The van der Waals surface area contributed by atoms with Crippen LogP contribution in [0.15, 0.2) is 35.8 Å².